The van der Waals surface area contributed by atoms with Gasteiger partial charge in [0.2, 0.25) is 0 Å². The third-order valence-corrected chi connectivity index (χ3v) is 3.32. The topological polar surface area (TPSA) is 89.0 Å². The normalized spacial score (nSPS) is 10.7. The van der Waals surface area contributed by atoms with Crippen molar-refractivity contribution < 1.29 is 4.79 Å². The van der Waals surface area contributed by atoms with Gasteiger partial charge in [0, 0.05) is 49.3 Å². The Kier molecular flexibility index (Phi) is 5.96. The van der Waals surface area contributed by atoms with Crippen molar-refractivity contribution in [3.8, 4) is 0 Å². The van der Waals surface area contributed by atoms with Crippen molar-refractivity contribution in [3.63, 3.8) is 0 Å². The van der Waals surface area contributed by atoms with E-state index >= 15 is 0 Å². The van der Waals surface area contributed by atoms with Gasteiger partial charge in [-0.15, -0.1) is 0 Å². The maximum atomic E-state index is 12.0. The molecule has 0 radical (unpaired) electrons. The van der Waals surface area contributed by atoms with Gasteiger partial charge >= 0.3 is 0 Å². The molecular weight excluding hydrogens is 302 g/mol. The van der Waals surface area contributed by atoms with E-state index in [-0.39, 0.29) is 11.5 Å². The van der Waals surface area contributed by atoms with Crippen molar-refractivity contribution in [1.82, 2.24) is 5.32 Å². The summed E-state index contributed by atoms with van der Waals surface area (Å²) in [6.07, 6.45) is 2.49. The fourth-order valence-electron chi connectivity index (χ4n) is 2.06. The van der Waals surface area contributed by atoms with E-state index in [0.717, 1.165) is 23.3 Å². The Labute approximate surface area is 141 Å². The number of anilines is 4. The average molecular weight is 323 g/mol. The van der Waals surface area contributed by atoms with Gasteiger partial charge in [0.1, 0.15) is 0 Å². The van der Waals surface area contributed by atoms with Gasteiger partial charge in [0.15, 0.2) is 0 Å². The van der Waals surface area contributed by atoms with Crippen molar-refractivity contribution >= 4 is 34.9 Å². The number of carbonyl (C=O) groups is 1. The molecule has 1 amide bonds. The number of benzene rings is 2. The summed E-state index contributed by atoms with van der Waals surface area (Å²) in [6, 6.07) is 15.3. The molecule has 24 heavy (non-hydrogen) atoms. The van der Waals surface area contributed by atoms with Crippen molar-refractivity contribution in [3.05, 3.63) is 60.3 Å². The highest BCUT2D eigenvalue weighted by atomic mass is 16.1. The molecular formula is C18H21N5O. The van der Waals surface area contributed by atoms with Crippen LogP contribution < -0.4 is 21.3 Å². The van der Waals surface area contributed by atoms with E-state index in [1.54, 1.807) is 7.05 Å². The van der Waals surface area contributed by atoms with Crippen LogP contribution >= 0.6 is 0 Å². The van der Waals surface area contributed by atoms with Crippen LogP contribution in [0.4, 0.5) is 22.7 Å². The number of amides is 1. The summed E-state index contributed by atoms with van der Waals surface area (Å²) in [5.41, 5.74) is 3.87. The van der Waals surface area contributed by atoms with E-state index in [4.69, 9.17) is 5.41 Å². The number of hydrogen-bond donors (Lipinski definition) is 5. The molecule has 0 fully saturated rings. The summed E-state index contributed by atoms with van der Waals surface area (Å²) in [7, 11) is 3.56. The first-order valence-electron chi connectivity index (χ1n) is 7.50. The lowest BCUT2D eigenvalue weighted by Gasteiger charge is -2.09. The number of nitrogens with one attached hydrogen (secondary N) is 5. The van der Waals surface area contributed by atoms with Crippen LogP contribution in [0, 0.1) is 5.41 Å². The molecule has 0 bridgehead atoms. The smallest absolute Gasteiger partial charge is 0.258 e. The van der Waals surface area contributed by atoms with Crippen LogP contribution in [0.15, 0.2) is 60.3 Å². The number of rotatable bonds is 7. The van der Waals surface area contributed by atoms with Crippen LogP contribution in [0.1, 0.15) is 0 Å². The lowest BCUT2D eigenvalue weighted by Crippen LogP contribution is -2.17. The largest absolute Gasteiger partial charge is 0.393 e. The average Bonchev–Trinajstić information content (AvgIpc) is 2.62. The van der Waals surface area contributed by atoms with Crippen LogP contribution in [0.25, 0.3) is 0 Å². The van der Waals surface area contributed by atoms with Crippen molar-refractivity contribution in [2.75, 3.05) is 30.0 Å². The number of hydrogen-bond acceptors (Lipinski definition) is 5. The second-order valence-electron chi connectivity index (χ2n) is 5.02. The molecule has 0 unspecified atom stereocenters. The summed E-state index contributed by atoms with van der Waals surface area (Å²) in [4.78, 5) is 12.0. The van der Waals surface area contributed by atoms with Crippen LogP contribution in [0.5, 0.6) is 0 Å². The monoisotopic (exact) mass is 323 g/mol. The van der Waals surface area contributed by atoms with Gasteiger partial charge in [-0.3, -0.25) is 4.79 Å². The van der Waals surface area contributed by atoms with E-state index < -0.39 is 0 Å². The van der Waals surface area contributed by atoms with Gasteiger partial charge in [-0.1, -0.05) is 0 Å². The van der Waals surface area contributed by atoms with Gasteiger partial charge in [0.05, 0.1) is 5.57 Å². The lowest BCUT2D eigenvalue weighted by atomic mass is 10.2. The molecule has 0 aliphatic rings. The van der Waals surface area contributed by atoms with Gasteiger partial charge in [-0.25, -0.2) is 0 Å². The summed E-state index contributed by atoms with van der Waals surface area (Å²) in [6.45, 7) is 0. The predicted molar refractivity (Wildman–Crippen MR) is 100 cm³/mol. The fraction of sp³-hybridized carbons (Fsp3) is 0.111. The Bertz CT molecular complexity index is 720. The molecule has 0 atom stereocenters. The van der Waals surface area contributed by atoms with E-state index in [9.17, 15) is 4.79 Å². The molecule has 2 rings (SSSR count). The molecule has 0 spiro atoms. The molecule has 0 aliphatic carbocycles. The molecule has 6 nitrogen and oxygen atoms in total. The maximum Gasteiger partial charge on any atom is 0.258 e. The molecule has 6 heteroatoms. The lowest BCUT2D eigenvalue weighted by molar-refractivity contribution is -0.112. The van der Waals surface area contributed by atoms with Crippen LogP contribution in [-0.2, 0) is 4.79 Å². The van der Waals surface area contributed by atoms with Gasteiger partial charge < -0.3 is 26.7 Å². The molecule has 5 N–H and O–H groups in total. The number of carbonyl (C=O) groups excluding carboxylic acids is 1. The van der Waals surface area contributed by atoms with E-state index in [1.165, 1.54) is 6.20 Å². The minimum Gasteiger partial charge on any atom is -0.393 e. The third-order valence-electron chi connectivity index (χ3n) is 3.32. The minimum atomic E-state index is -0.331. The summed E-state index contributed by atoms with van der Waals surface area (Å²) in [5.74, 6) is -0.331. The molecule has 2 aromatic carbocycles. The van der Waals surface area contributed by atoms with Crippen LogP contribution in [0.3, 0.4) is 0 Å². The molecule has 0 saturated heterocycles. The SMILES string of the molecule is CN/C=C(\C=N)C(=O)Nc1ccc(Nc2ccc(NC)cc2)cc1. The zero-order valence-electron chi connectivity index (χ0n) is 13.7. The zero-order chi connectivity index (χ0) is 17.4. The second-order valence-corrected chi connectivity index (χ2v) is 5.02. The van der Waals surface area contributed by atoms with Crippen LogP contribution in [0.2, 0.25) is 0 Å². The Morgan fingerprint density at radius 1 is 0.875 bits per heavy atom. The highest BCUT2D eigenvalue weighted by Crippen LogP contribution is 2.20. The highest BCUT2D eigenvalue weighted by molar-refractivity contribution is 6.17. The van der Waals surface area contributed by atoms with Gasteiger partial charge in [-0.2, -0.15) is 0 Å². The highest BCUT2D eigenvalue weighted by Gasteiger charge is 2.06. The van der Waals surface area contributed by atoms with Crippen molar-refractivity contribution in [2.24, 2.45) is 0 Å². The Balaban J connectivity index is 2.00. The molecule has 0 heterocycles. The predicted octanol–water partition coefficient (Wildman–Crippen LogP) is 3.16. The van der Waals surface area contributed by atoms with Crippen molar-refractivity contribution in [1.29, 1.82) is 5.41 Å². The van der Waals surface area contributed by atoms with E-state index in [1.807, 2.05) is 55.6 Å². The molecule has 0 saturated carbocycles. The zero-order valence-corrected chi connectivity index (χ0v) is 13.7. The second kappa shape index (κ2) is 8.38. The molecule has 0 aliphatic heterocycles. The third kappa shape index (κ3) is 4.61. The first kappa shape index (κ1) is 17.1. The quantitative estimate of drug-likeness (QED) is 0.400. The van der Waals surface area contributed by atoms with Gasteiger partial charge in [-0.05, 0) is 48.5 Å². The minimum absolute atomic E-state index is 0.254. The maximum absolute atomic E-state index is 12.0. The Hall–Kier alpha value is -3.28. The molecule has 2 aromatic rings. The van der Waals surface area contributed by atoms with E-state index in [0.29, 0.717) is 5.69 Å². The van der Waals surface area contributed by atoms with E-state index in [2.05, 4.69) is 21.3 Å². The standard InChI is InChI=1S/C18H21N5O/c1-20-12-13(11-19)18(24)23-17-9-7-16(8-10-17)22-15-5-3-14(21-2)4-6-15/h3-12,19-22H,1-2H3,(H,23,24)/b13-12+,19-11?. The Morgan fingerprint density at radius 2 is 1.38 bits per heavy atom. The first-order chi connectivity index (χ1) is 11.7. The molecule has 0 aromatic heterocycles. The summed E-state index contributed by atoms with van der Waals surface area (Å²) in [5, 5.41) is 19.1. The van der Waals surface area contributed by atoms with Crippen molar-refractivity contribution in [2.45, 2.75) is 0 Å². The Morgan fingerprint density at radius 3 is 1.83 bits per heavy atom. The first-order valence-corrected chi connectivity index (χ1v) is 7.50. The van der Waals surface area contributed by atoms with Gasteiger partial charge in [0.25, 0.3) is 5.91 Å². The molecule has 124 valence electrons. The summed E-state index contributed by atoms with van der Waals surface area (Å²) >= 11 is 0. The summed E-state index contributed by atoms with van der Waals surface area (Å²) < 4.78 is 0. The fourth-order valence-corrected chi connectivity index (χ4v) is 2.06. The van der Waals surface area contributed by atoms with Crippen LogP contribution in [-0.4, -0.2) is 26.2 Å².